The molecule has 2 aromatic carbocycles. The highest BCUT2D eigenvalue weighted by Gasteiger charge is 2.47. The SMILES string of the molecule is C=C1c2cc3c(C4(C#N)CC4)cc2C(=NCc2cccc(c2)C(F)(F)C2CCN(C/C=C\CCCCCC3)CC2)NN1C. The van der Waals surface area contributed by atoms with Crippen LogP contribution >= 0.6 is 0 Å². The summed E-state index contributed by atoms with van der Waals surface area (Å²) in [5.41, 5.74) is 8.91. The molecule has 0 atom stereocenters. The Morgan fingerprint density at radius 1 is 1.02 bits per heavy atom. The van der Waals surface area contributed by atoms with Crippen molar-refractivity contribution in [3.05, 3.63) is 88.5 Å². The second-order valence-corrected chi connectivity index (χ2v) is 12.9. The summed E-state index contributed by atoms with van der Waals surface area (Å²) < 4.78 is 31.6. The average molecular weight is 584 g/mol. The van der Waals surface area contributed by atoms with E-state index in [0.29, 0.717) is 31.8 Å². The van der Waals surface area contributed by atoms with E-state index >= 15 is 8.78 Å². The summed E-state index contributed by atoms with van der Waals surface area (Å²) in [5, 5.41) is 12.0. The molecule has 1 saturated heterocycles. The van der Waals surface area contributed by atoms with Crippen molar-refractivity contribution >= 4 is 11.5 Å². The minimum Gasteiger partial charge on any atom is -0.300 e. The van der Waals surface area contributed by atoms with Crippen LogP contribution in [0.25, 0.3) is 5.70 Å². The summed E-state index contributed by atoms with van der Waals surface area (Å²) in [4.78, 5) is 7.21. The number of piperidine rings is 1. The molecule has 1 N–H and O–H groups in total. The molecular weight excluding hydrogens is 540 g/mol. The highest BCUT2D eigenvalue weighted by molar-refractivity contribution is 6.05. The number of nitrogens with one attached hydrogen (secondary N) is 1. The van der Waals surface area contributed by atoms with Crippen molar-refractivity contribution in [3.8, 4) is 6.07 Å². The number of benzene rings is 2. The van der Waals surface area contributed by atoms with Gasteiger partial charge in [0.2, 0.25) is 0 Å². The summed E-state index contributed by atoms with van der Waals surface area (Å²) in [6.45, 7) is 6.86. The van der Waals surface area contributed by atoms with Crippen molar-refractivity contribution in [3.63, 3.8) is 0 Å². The van der Waals surface area contributed by atoms with Gasteiger partial charge in [0.15, 0.2) is 0 Å². The molecule has 7 aliphatic rings. The molecule has 0 amide bonds. The summed E-state index contributed by atoms with van der Waals surface area (Å²) in [5.74, 6) is -2.86. The van der Waals surface area contributed by atoms with Crippen molar-refractivity contribution < 1.29 is 8.78 Å². The normalized spacial score (nSPS) is 26.0. The number of nitrogens with zero attached hydrogens (tertiary/aromatic N) is 4. The van der Waals surface area contributed by atoms with Gasteiger partial charge in [-0.2, -0.15) is 5.26 Å². The van der Waals surface area contributed by atoms with Crippen LogP contribution in [0.15, 0.2) is 60.1 Å². The number of aryl methyl sites for hydroxylation is 1. The molecule has 0 spiro atoms. The Balaban J connectivity index is 1.36. The van der Waals surface area contributed by atoms with Crippen molar-refractivity contribution in [1.29, 1.82) is 5.26 Å². The van der Waals surface area contributed by atoms with E-state index in [9.17, 15) is 5.26 Å². The molecule has 6 aliphatic heterocycles. The van der Waals surface area contributed by atoms with Crippen molar-refractivity contribution in [2.24, 2.45) is 10.9 Å². The Labute approximate surface area is 255 Å². The lowest BCUT2D eigenvalue weighted by molar-refractivity contribution is -0.0847. The maximum Gasteiger partial charge on any atom is 0.276 e. The zero-order valence-electron chi connectivity index (χ0n) is 25.3. The van der Waals surface area contributed by atoms with Gasteiger partial charge in [0.25, 0.3) is 5.92 Å². The van der Waals surface area contributed by atoms with Gasteiger partial charge in [-0.15, -0.1) is 0 Å². The average Bonchev–Trinajstić information content (AvgIpc) is 3.82. The molecule has 0 aromatic heterocycles. The maximum atomic E-state index is 15.8. The first-order chi connectivity index (χ1) is 20.8. The van der Waals surface area contributed by atoms with Crippen LogP contribution in [0.2, 0.25) is 0 Å². The fraction of sp³-hybridized carbons (Fsp3) is 0.500. The molecule has 0 radical (unpaired) electrons. The highest BCUT2D eigenvalue weighted by atomic mass is 19.3. The predicted molar refractivity (Wildman–Crippen MR) is 169 cm³/mol. The quantitative estimate of drug-likeness (QED) is 0.354. The van der Waals surface area contributed by atoms with Crippen LogP contribution in [-0.2, 0) is 24.3 Å². The molecule has 1 aliphatic carbocycles. The van der Waals surface area contributed by atoms with E-state index in [0.717, 1.165) is 79.4 Å². The first-order valence-corrected chi connectivity index (χ1v) is 16.0. The molecule has 8 bridgehead atoms. The molecule has 9 rings (SSSR count). The molecule has 43 heavy (non-hydrogen) atoms. The molecule has 5 nitrogen and oxygen atoms in total. The third-order valence-corrected chi connectivity index (χ3v) is 9.90. The third kappa shape index (κ3) is 6.13. The molecule has 2 aromatic rings. The minimum atomic E-state index is -2.88. The van der Waals surface area contributed by atoms with Crippen LogP contribution in [0.3, 0.4) is 0 Å². The van der Waals surface area contributed by atoms with Gasteiger partial charge in [0.1, 0.15) is 5.84 Å². The summed E-state index contributed by atoms with van der Waals surface area (Å²) in [7, 11) is 1.92. The molecule has 6 heterocycles. The molecule has 1 saturated carbocycles. The van der Waals surface area contributed by atoms with Crippen LogP contribution in [0.4, 0.5) is 8.78 Å². The molecule has 7 heteroatoms. The van der Waals surface area contributed by atoms with E-state index in [1.807, 2.05) is 18.1 Å². The van der Waals surface area contributed by atoms with Crippen LogP contribution in [0, 0.1) is 17.2 Å². The van der Waals surface area contributed by atoms with Crippen molar-refractivity contribution in [1.82, 2.24) is 15.3 Å². The number of allylic oxidation sites excluding steroid dienone is 1. The van der Waals surface area contributed by atoms with Gasteiger partial charge >= 0.3 is 0 Å². The number of alkyl halides is 2. The Morgan fingerprint density at radius 3 is 2.58 bits per heavy atom. The monoisotopic (exact) mass is 583 g/mol. The van der Waals surface area contributed by atoms with Crippen LogP contribution < -0.4 is 5.43 Å². The van der Waals surface area contributed by atoms with Gasteiger partial charge < -0.3 is 0 Å². The van der Waals surface area contributed by atoms with E-state index in [-0.39, 0.29) is 12.1 Å². The topological polar surface area (TPSA) is 54.7 Å². The van der Waals surface area contributed by atoms with Gasteiger partial charge in [0, 0.05) is 36.2 Å². The number of halogens is 2. The summed E-state index contributed by atoms with van der Waals surface area (Å²) >= 11 is 0. The van der Waals surface area contributed by atoms with Crippen LogP contribution in [-0.4, -0.2) is 42.4 Å². The molecule has 2 fully saturated rings. The van der Waals surface area contributed by atoms with Gasteiger partial charge in [-0.25, -0.2) is 8.78 Å². The van der Waals surface area contributed by atoms with Crippen molar-refractivity contribution in [2.75, 3.05) is 26.7 Å². The largest absolute Gasteiger partial charge is 0.300 e. The Morgan fingerprint density at radius 2 is 1.81 bits per heavy atom. The zero-order chi connectivity index (χ0) is 30.0. The van der Waals surface area contributed by atoms with E-state index in [2.05, 4.69) is 47.3 Å². The predicted octanol–water partition coefficient (Wildman–Crippen LogP) is 7.48. The second kappa shape index (κ2) is 12.2. The second-order valence-electron chi connectivity index (χ2n) is 12.9. The first kappa shape index (κ1) is 29.6. The summed E-state index contributed by atoms with van der Waals surface area (Å²) in [6, 6.07) is 13.8. The highest BCUT2D eigenvalue weighted by Crippen LogP contribution is 2.50. The smallest absolute Gasteiger partial charge is 0.276 e. The lowest BCUT2D eigenvalue weighted by atomic mass is 9.85. The summed E-state index contributed by atoms with van der Waals surface area (Å²) in [6.07, 6.45) is 13.8. The molecule has 226 valence electrons. The number of hydrazine groups is 1. The van der Waals surface area contributed by atoms with Gasteiger partial charge in [-0.05, 0) is 99.3 Å². The molecular formula is C36H43F2N5. The lowest BCUT2D eigenvalue weighted by Crippen LogP contribution is -2.43. The fourth-order valence-electron chi connectivity index (χ4n) is 6.92. The Kier molecular flexibility index (Phi) is 8.42. The number of amidine groups is 1. The van der Waals surface area contributed by atoms with Gasteiger partial charge in [-0.1, -0.05) is 49.8 Å². The zero-order valence-corrected chi connectivity index (χ0v) is 25.3. The van der Waals surface area contributed by atoms with Crippen molar-refractivity contribution in [2.45, 2.75) is 82.1 Å². The Hall–Kier alpha value is -3.50. The number of rotatable bonds is 1. The number of hydrogen-bond donors (Lipinski definition) is 1. The minimum absolute atomic E-state index is 0.0807. The first-order valence-electron chi connectivity index (χ1n) is 16.0. The maximum absolute atomic E-state index is 15.8. The number of hydrogen-bond acceptors (Lipinski definition) is 5. The number of aliphatic imine (C=N–C) groups is 1. The molecule has 0 unspecified atom stereocenters. The lowest BCUT2D eigenvalue weighted by Gasteiger charge is -2.35. The Bertz CT molecular complexity index is 1460. The van der Waals surface area contributed by atoms with Gasteiger partial charge in [-0.3, -0.25) is 20.3 Å². The fourth-order valence-corrected chi connectivity index (χ4v) is 6.92. The van der Waals surface area contributed by atoms with Gasteiger partial charge in [0.05, 0.1) is 23.7 Å². The van der Waals surface area contributed by atoms with E-state index in [1.165, 1.54) is 12.0 Å². The van der Waals surface area contributed by atoms with E-state index in [1.54, 1.807) is 18.2 Å². The third-order valence-electron chi connectivity index (χ3n) is 9.90. The standard InChI is InChI=1S/C36H43F2N5/c1-26-31-22-28-12-8-6-4-3-5-7-9-18-43-19-14-29(15-20-43)36(37,38)30-13-10-11-27(21-30)24-40-34(41-42(26)2)32(31)23-33(28)35(25-39)16-17-35/h7,9-11,13,21-23,29H,1,3-6,8,12,14-20,24H2,2H3,(H,40,41)/b9-7-. The van der Waals surface area contributed by atoms with E-state index < -0.39 is 17.3 Å². The van der Waals surface area contributed by atoms with Crippen LogP contribution in [0.5, 0.6) is 0 Å². The van der Waals surface area contributed by atoms with E-state index in [4.69, 9.17) is 4.99 Å². The number of nitriles is 1. The van der Waals surface area contributed by atoms with Crippen LogP contribution in [0.1, 0.15) is 91.2 Å².